The molecule has 0 unspecified atom stereocenters. The molecule has 1 saturated heterocycles. The Balaban J connectivity index is 1.71. The molecule has 7 nitrogen and oxygen atoms in total. The molecule has 26 heavy (non-hydrogen) atoms. The summed E-state index contributed by atoms with van der Waals surface area (Å²) in [7, 11) is -0.604. The van der Waals surface area contributed by atoms with Crippen LogP contribution in [0.1, 0.15) is 10.4 Å². The summed E-state index contributed by atoms with van der Waals surface area (Å²) in [5.41, 5.74) is 1.52. The maximum Gasteiger partial charge on any atom is 0.254 e. The molecule has 1 aliphatic heterocycles. The van der Waals surface area contributed by atoms with Gasteiger partial charge in [0, 0.05) is 63.7 Å². The topological polar surface area (TPSA) is 75.1 Å². The molecule has 0 spiro atoms. The number of rotatable bonds is 4. The molecule has 2 heterocycles. The summed E-state index contributed by atoms with van der Waals surface area (Å²) in [5.74, 6) is -0.137. The summed E-state index contributed by atoms with van der Waals surface area (Å²) >= 11 is 0. The molecule has 1 aromatic carbocycles. The molecule has 1 amide bonds. The van der Waals surface area contributed by atoms with E-state index in [-0.39, 0.29) is 10.8 Å². The van der Waals surface area contributed by atoms with Crippen molar-refractivity contribution >= 4 is 21.6 Å². The van der Waals surface area contributed by atoms with E-state index in [4.69, 9.17) is 0 Å². The Morgan fingerprint density at radius 2 is 1.69 bits per heavy atom. The molecule has 3 rings (SSSR count). The zero-order chi connectivity index (χ0) is 18.7. The van der Waals surface area contributed by atoms with Crippen molar-refractivity contribution in [3.63, 3.8) is 0 Å². The van der Waals surface area contributed by atoms with Gasteiger partial charge in [-0.2, -0.15) is 0 Å². The van der Waals surface area contributed by atoms with Crippen molar-refractivity contribution in [1.29, 1.82) is 0 Å². The lowest BCUT2D eigenvalue weighted by Gasteiger charge is -2.35. The average Bonchev–Trinajstić information content (AvgIpc) is 2.68. The van der Waals surface area contributed by atoms with Gasteiger partial charge in [-0.15, -0.1) is 0 Å². The lowest BCUT2D eigenvalue weighted by molar-refractivity contribution is -0.377. The number of anilines is 1. The molecule has 8 heteroatoms. The van der Waals surface area contributed by atoms with E-state index >= 15 is 0 Å². The smallest absolute Gasteiger partial charge is 0.254 e. The maximum absolute atomic E-state index is 12.8. The summed E-state index contributed by atoms with van der Waals surface area (Å²) < 4.78 is 25.7. The predicted molar refractivity (Wildman–Crippen MR) is 98.4 cm³/mol. The number of amides is 1. The van der Waals surface area contributed by atoms with Crippen molar-refractivity contribution in [2.24, 2.45) is 0 Å². The lowest BCUT2D eigenvalue weighted by atomic mass is 10.1. The molecule has 0 saturated carbocycles. The minimum absolute atomic E-state index is 0.132. The third-order valence-corrected chi connectivity index (χ3v) is 6.30. The van der Waals surface area contributed by atoms with Gasteiger partial charge in [0.05, 0.1) is 4.90 Å². The first kappa shape index (κ1) is 18.3. The van der Waals surface area contributed by atoms with Gasteiger partial charge in [0.2, 0.25) is 10.0 Å². The van der Waals surface area contributed by atoms with Gasteiger partial charge in [-0.3, -0.25) is 4.79 Å². The zero-order valence-corrected chi connectivity index (χ0v) is 15.7. The van der Waals surface area contributed by atoms with E-state index in [9.17, 15) is 13.2 Å². The van der Waals surface area contributed by atoms with Crippen LogP contribution in [-0.4, -0.2) is 63.8 Å². The van der Waals surface area contributed by atoms with Gasteiger partial charge in [0.1, 0.15) is 0 Å². The highest BCUT2D eigenvalue weighted by Gasteiger charge is 2.24. The first-order chi connectivity index (χ1) is 12.4. The molecule has 2 aromatic rings. The summed E-state index contributed by atoms with van der Waals surface area (Å²) in [6.07, 6.45) is 3.76. The number of nitrogens with one attached hydrogen (secondary N) is 1. The first-order valence-corrected chi connectivity index (χ1v) is 9.86. The van der Waals surface area contributed by atoms with E-state index in [1.807, 2.05) is 24.5 Å². The number of benzene rings is 1. The number of aromatic amines is 1. The fourth-order valence-electron chi connectivity index (χ4n) is 2.94. The summed E-state index contributed by atoms with van der Waals surface area (Å²) in [6.45, 7) is 2.68. The van der Waals surface area contributed by atoms with Gasteiger partial charge in [0.15, 0.2) is 12.4 Å². The van der Waals surface area contributed by atoms with E-state index in [1.165, 1.54) is 26.2 Å². The molecular weight excluding hydrogens is 352 g/mol. The van der Waals surface area contributed by atoms with Gasteiger partial charge in [-0.25, -0.2) is 17.7 Å². The first-order valence-electron chi connectivity index (χ1n) is 8.42. The molecule has 138 valence electrons. The number of piperazine rings is 1. The van der Waals surface area contributed by atoms with Crippen molar-refractivity contribution < 1.29 is 18.2 Å². The second-order valence-corrected chi connectivity index (χ2v) is 8.50. The molecular formula is C18H23N4O3S+. The van der Waals surface area contributed by atoms with Crippen molar-refractivity contribution in [2.45, 2.75) is 4.90 Å². The van der Waals surface area contributed by atoms with Gasteiger partial charge in [0.25, 0.3) is 5.91 Å². The summed E-state index contributed by atoms with van der Waals surface area (Å²) in [4.78, 5) is 19.9. The molecule has 0 bridgehead atoms. The second-order valence-electron chi connectivity index (χ2n) is 6.35. The van der Waals surface area contributed by atoms with E-state index in [2.05, 4.69) is 9.88 Å². The predicted octanol–water partition coefficient (Wildman–Crippen LogP) is 0.713. The quantitative estimate of drug-likeness (QED) is 0.789. The standard InChI is InChI=1S/C18H22N4O3S/c1-20(2)26(24,25)17-5-3-4-15(14-17)18(23)22-12-10-21(11-13-22)16-6-8-19-9-7-16/h3-9,14H,10-13H2,1-2H3/p+1. The van der Waals surface area contributed by atoms with Crippen LogP contribution >= 0.6 is 0 Å². The SMILES string of the molecule is CN(C)S(=O)(=O)c1cccc(C(=O)N2CCN(c3cc[nH+]cc3)CC2)c1. The van der Waals surface area contributed by atoms with Crippen LogP contribution in [-0.2, 0) is 10.0 Å². The summed E-state index contributed by atoms with van der Waals surface area (Å²) in [6, 6.07) is 10.3. The van der Waals surface area contributed by atoms with E-state index in [0.717, 1.165) is 23.1 Å². The molecule has 0 radical (unpaired) electrons. The van der Waals surface area contributed by atoms with E-state index < -0.39 is 10.0 Å². The average molecular weight is 375 g/mol. The minimum atomic E-state index is -3.56. The lowest BCUT2D eigenvalue weighted by Crippen LogP contribution is -2.48. The number of pyridine rings is 1. The van der Waals surface area contributed by atoms with Gasteiger partial charge >= 0.3 is 0 Å². The third kappa shape index (κ3) is 3.71. The number of aromatic nitrogens is 1. The molecule has 0 aliphatic carbocycles. The van der Waals surface area contributed by atoms with Crippen LogP contribution in [0.5, 0.6) is 0 Å². The molecule has 1 N–H and O–H groups in total. The third-order valence-electron chi connectivity index (χ3n) is 4.49. The van der Waals surface area contributed by atoms with Crippen LogP contribution in [0.3, 0.4) is 0 Å². The van der Waals surface area contributed by atoms with Gasteiger partial charge < -0.3 is 9.80 Å². The molecule has 0 atom stereocenters. The van der Waals surface area contributed by atoms with Crippen molar-refractivity contribution in [2.75, 3.05) is 45.2 Å². The number of hydrogen-bond donors (Lipinski definition) is 0. The van der Waals surface area contributed by atoms with Crippen molar-refractivity contribution in [3.8, 4) is 0 Å². The second kappa shape index (κ2) is 7.43. The largest absolute Gasteiger partial charge is 0.368 e. The zero-order valence-electron chi connectivity index (χ0n) is 14.9. The number of carbonyl (C=O) groups excluding carboxylic acids is 1. The Hall–Kier alpha value is -2.45. The van der Waals surface area contributed by atoms with Crippen molar-refractivity contribution in [1.82, 2.24) is 9.21 Å². The highest BCUT2D eigenvalue weighted by molar-refractivity contribution is 7.89. The highest BCUT2D eigenvalue weighted by Crippen LogP contribution is 2.18. The van der Waals surface area contributed by atoms with Crippen molar-refractivity contribution in [3.05, 3.63) is 54.4 Å². The monoisotopic (exact) mass is 375 g/mol. The fraction of sp³-hybridized carbons (Fsp3) is 0.333. The van der Waals surface area contributed by atoms with Gasteiger partial charge in [-0.1, -0.05) is 6.07 Å². The van der Waals surface area contributed by atoms with Crippen LogP contribution in [0.15, 0.2) is 53.7 Å². The van der Waals surface area contributed by atoms with Crippen LogP contribution in [0.2, 0.25) is 0 Å². The summed E-state index contributed by atoms with van der Waals surface area (Å²) in [5, 5.41) is 0. The Morgan fingerprint density at radius 3 is 2.31 bits per heavy atom. The molecule has 1 aromatic heterocycles. The Morgan fingerprint density at radius 1 is 1.04 bits per heavy atom. The molecule has 1 aliphatic rings. The Bertz CT molecular complexity index is 876. The number of H-pyrrole nitrogens is 1. The normalized spacial score (nSPS) is 15.3. The molecule has 1 fully saturated rings. The van der Waals surface area contributed by atoms with Gasteiger partial charge in [-0.05, 0) is 18.2 Å². The number of hydrogen-bond acceptors (Lipinski definition) is 4. The van der Waals surface area contributed by atoms with E-state index in [0.29, 0.717) is 18.7 Å². The van der Waals surface area contributed by atoms with Crippen LogP contribution < -0.4 is 9.88 Å². The number of sulfonamides is 1. The van der Waals surface area contributed by atoms with Crippen LogP contribution in [0.4, 0.5) is 5.69 Å². The number of nitrogens with zero attached hydrogens (tertiary/aromatic N) is 3. The Kier molecular flexibility index (Phi) is 5.24. The van der Waals surface area contributed by atoms with Crippen LogP contribution in [0, 0.1) is 0 Å². The Labute approximate surface area is 153 Å². The minimum Gasteiger partial charge on any atom is -0.368 e. The van der Waals surface area contributed by atoms with Crippen LogP contribution in [0.25, 0.3) is 0 Å². The highest BCUT2D eigenvalue weighted by atomic mass is 32.2. The van der Waals surface area contributed by atoms with E-state index in [1.54, 1.807) is 17.0 Å². The number of carbonyl (C=O) groups is 1. The maximum atomic E-state index is 12.8. The fourth-order valence-corrected chi connectivity index (χ4v) is 3.89.